The van der Waals surface area contributed by atoms with E-state index in [2.05, 4.69) is 100 Å². The molecule has 7 rings (SSSR count). The number of para-hydroxylation sites is 4. The third-order valence-electron chi connectivity index (χ3n) is 6.93. The Morgan fingerprint density at radius 3 is 1.52 bits per heavy atom. The van der Waals surface area contributed by atoms with E-state index in [0.29, 0.717) is 6.42 Å². The van der Waals surface area contributed by atoms with Crippen LogP contribution in [0.4, 0.5) is 0 Å². The molecule has 0 spiro atoms. The molecule has 1 unspecified atom stereocenters. The largest absolute Gasteiger partial charge is 0.367 e. The summed E-state index contributed by atoms with van der Waals surface area (Å²) in [6.07, 6.45) is 6.51. The summed E-state index contributed by atoms with van der Waals surface area (Å²) in [4.78, 5) is 0. The van der Waals surface area contributed by atoms with Crippen molar-refractivity contribution in [3.8, 4) is 0 Å². The van der Waals surface area contributed by atoms with E-state index in [9.17, 15) is 5.11 Å². The Balaban J connectivity index is 1.47. The molecular weight excluding hydrogens is 404 g/mol. The second kappa shape index (κ2) is 6.71. The van der Waals surface area contributed by atoms with Gasteiger partial charge >= 0.3 is 0 Å². The maximum Gasteiger partial charge on any atom is 0.167 e. The van der Waals surface area contributed by atoms with Crippen LogP contribution in [-0.2, 0) is 5.72 Å². The number of fused-ring (bicyclic) bond motifs is 6. The maximum absolute atomic E-state index is 12.2. The number of aliphatic hydroxyl groups is 1. The van der Waals surface area contributed by atoms with Crippen LogP contribution in [0.15, 0.2) is 115 Å². The van der Waals surface area contributed by atoms with Crippen LogP contribution in [0.3, 0.4) is 0 Å². The summed E-state index contributed by atoms with van der Waals surface area (Å²) in [5, 5.41) is 16.9. The monoisotopic (exact) mass is 426 g/mol. The molecule has 1 N–H and O–H groups in total. The molecule has 0 saturated heterocycles. The summed E-state index contributed by atoms with van der Waals surface area (Å²) in [5.41, 5.74) is 4.27. The normalized spacial score (nSPS) is 18.5. The van der Waals surface area contributed by atoms with E-state index in [1.165, 1.54) is 10.8 Å². The minimum atomic E-state index is -1.18. The Labute approximate surface area is 191 Å². The molecule has 0 radical (unpaired) electrons. The molecule has 0 amide bonds. The lowest BCUT2D eigenvalue weighted by atomic mass is 10.00. The van der Waals surface area contributed by atoms with Crippen molar-refractivity contribution < 1.29 is 5.11 Å². The van der Waals surface area contributed by atoms with E-state index in [1.54, 1.807) is 0 Å². The summed E-state index contributed by atoms with van der Waals surface area (Å²) in [7, 11) is 0. The van der Waals surface area contributed by atoms with Gasteiger partial charge in [-0.25, -0.2) is 0 Å². The minimum absolute atomic E-state index is 0.467. The fourth-order valence-electron chi connectivity index (χ4n) is 5.58. The number of aromatic nitrogens is 2. The zero-order valence-corrected chi connectivity index (χ0v) is 18.0. The molecule has 1 aliphatic rings. The first-order valence-electron chi connectivity index (χ1n) is 11.3. The van der Waals surface area contributed by atoms with Crippen molar-refractivity contribution >= 4 is 49.3 Å². The average Bonchev–Trinajstić information content (AvgIpc) is 3.38. The zero-order valence-electron chi connectivity index (χ0n) is 18.0. The SMILES string of the molecule is OC1(n2c3ccccc3c3ccccc32)C=CC=C(n2c3ccccc3c3ccccc32)C1. The predicted molar refractivity (Wildman–Crippen MR) is 137 cm³/mol. The second-order valence-electron chi connectivity index (χ2n) is 8.81. The molecule has 1 atom stereocenters. The van der Waals surface area contributed by atoms with Crippen LogP contribution in [0.2, 0.25) is 0 Å². The van der Waals surface area contributed by atoms with Crippen LogP contribution >= 0.6 is 0 Å². The fraction of sp³-hybridized carbons (Fsp3) is 0.0667. The summed E-state index contributed by atoms with van der Waals surface area (Å²) >= 11 is 0. The number of nitrogens with zero attached hydrogens (tertiary/aromatic N) is 2. The van der Waals surface area contributed by atoms with Gasteiger partial charge in [0, 0.05) is 33.7 Å². The van der Waals surface area contributed by atoms with E-state index in [0.717, 1.165) is 38.5 Å². The standard InChI is InChI=1S/C30H22N2O/c33-30(32-28-17-7-3-13-24(28)25-14-4-8-18-29(25)32)19-9-10-21(20-30)31-26-15-5-1-11-22(26)23-12-2-6-16-27(23)31/h1-19,33H,20H2. The molecule has 6 aromatic rings. The first-order chi connectivity index (χ1) is 16.2. The lowest BCUT2D eigenvalue weighted by molar-refractivity contribution is 0.0255. The van der Waals surface area contributed by atoms with E-state index >= 15 is 0 Å². The van der Waals surface area contributed by atoms with Gasteiger partial charge in [-0.3, -0.25) is 0 Å². The summed E-state index contributed by atoms with van der Waals surface area (Å²) < 4.78 is 4.39. The molecule has 3 nitrogen and oxygen atoms in total. The highest BCUT2D eigenvalue weighted by atomic mass is 16.3. The smallest absolute Gasteiger partial charge is 0.167 e. The molecule has 0 fully saturated rings. The van der Waals surface area contributed by atoms with E-state index < -0.39 is 5.72 Å². The lowest BCUT2D eigenvalue weighted by Gasteiger charge is -2.32. The van der Waals surface area contributed by atoms with Gasteiger partial charge in [-0.15, -0.1) is 0 Å². The minimum Gasteiger partial charge on any atom is -0.367 e. The van der Waals surface area contributed by atoms with Crippen LogP contribution in [-0.4, -0.2) is 14.2 Å². The van der Waals surface area contributed by atoms with Crippen molar-refractivity contribution in [2.24, 2.45) is 0 Å². The van der Waals surface area contributed by atoms with Crippen molar-refractivity contribution in [2.45, 2.75) is 12.1 Å². The highest BCUT2D eigenvalue weighted by Crippen LogP contribution is 2.41. The van der Waals surface area contributed by atoms with Gasteiger partial charge in [-0.2, -0.15) is 0 Å². The number of hydrogen-bond acceptors (Lipinski definition) is 1. The van der Waals surface area contributed by atoms with Crippen molar-refractivity contribution in [3.63, 3.8) is 0 Å². The first-order valence-corrected chi connectivity index (χ1v) is 11.3. The Morgan fingerprint density at radius 1 is 0.576 bits per heavy atom. The molecule has 4 aromatic carbocycles. The van der Waals surface area contributed by atoms with Crippen molar-refractivity contribution in [1.82, 2.24) is 9.13 Å². The highest BCUT2D eigenvalue weighted by molar-refractivity contribution is 6.10. The van der Waals surface area contributed by atoms with Gasteiger partial charge in [0.2, 0.25) is 0 Å². The fourth-order valence-corrected chi connectivity index (χ4v) is 5.58. The topological polar surface area (TPSA) is 30.1 Å². The van der Waals surface area contributed by atoms with Crippen LogP contribution < -0.4 is 0 Å². The highest BCUT2D eigenvalue weighted by Gasteiger charge is 2.33. The number of benzene rings is 4. The zero-order chi connectivity index (χ0) is 22.0. The molecule has 0 bridgehead atoms. The summed E-state index contributed by atoms with van der Waals surface area (Å²) in [5.74, 6) is 0. The van der Waals surface area contributed by atoms with E-state index in [4.69, 9.17) is 0 Å². The Hall–Kier alpha value is -4.08. The maximum atomic E-state index is 12.2. The third kappa shape index (κ3) is 2.54. The van der Waals surface area contributed by atoms with E-state index in [-0.39, 0.29) is 0 Å². The van der Waals surface area contributed by atoms with Crippen LogP contribution in [0, 0.1) is 0 Å². The Bertz CT molecular complexity index is 1660. The van der Waals surface area contributed by atoms with Gasteiger partial charge in [0.1, 0.15) is 0 Å². The Morgan fingerprint density at radius 2 is 1.00 bits per heavy atom. The lowest BCUT2D eigenvalue weighted by Crippen LogP contribution is -2.33. The van der Waals surface area contributed by atoms with Crippen LogP contribution in [0.25, 0.3) is 49.3 Å². The van der Waals surface area contributed by atoms with Crippen LogP contribution in [0.5, 0.6) is 0 Å². The quantitative estimate of drug-likeness (QED) is 0.316. The average molecular weight is 427 g/mol. The van der Waals surface area contributed by atoms with Crippen molar-refractivity contribution in [2.75, 3.05) is 0 Å². The van der Waals surface area contributed by atoms with Gasteiger partial charge in [0.25, 0.3) is 0 Å². The molecule has 33 heavy (non-hydrogen) atoms. The van der Waals surface area contributed by atoms with Gasteiger partial charge in [-0.1, -0.05) is 78.9 Å². The summed E-state index contributed by atoms with van der Waals surface area (Å²) in [6.45, 7) is 0. The number of allylic oxidation sites excluding steroid dienone is 2. The second-order valence-corrected chi connectivity index (χ2v) is 8.81. The molecule has 3 heteroatoms. The number of rotatable bonds is 2. The first kappa shape index (κ1) is 18.5. The van der Waals surface area contributed by atoms with Crippen LogP contribution in [0.1, 0.15) is 6.42 Å². The molecule has 0 saturated carbocycles. The molecule has 1 aliphatic carbocycles. The van der Waals surface area contributed by atoms with Gasteiger partial charge < -0.3 is 14.2 Å². The Kier molecular flexibility index (Phi) is 3.76. The molecule has 158 valence electrons. The molecule has 0 aliphatic heterocycles. The number of hydrogen-bond donors (Lipinski definition) is 1. The predicted octanol–water partition coefficient (Wildman–Crippen LogP) is 7.05. The van der Waals surface area contributed by atoms with Crippen molar-refractivity contribution in [3.05, 3.63) is 115 Å². The van der Waals surface area contributed by atoms with E-state index in [1.807, 2.05) is 24.3 Å². The van der Waals surface area contributed by atoms with Gasteiger partial charge in [0.05, 0.1) is 22.1 Å². The van der Waals surface area contributed by atoms with Gasteiger partial charge in [-0.05, 0) is 36.4 Å². The third-order valence-corrected chi connectivity index (χ3v) is 6.93. The molecule has 2 aromatic heterocycles. The molecule has 2 heterocycles. The molecular formula is C30H22N2O. The summed E-state index contributed by atoms with van der Waals surface area (Å²) in [6, 6.07) is 33.7. The van der Waals surface area contributed by atoms with Crippen molar-refractivity contribution in [1.29, 1.82) is 0 Å². The van der Waals surface area contributed by atoms with Gasteiger partial charge in [0.15, 0.2) is 5.72 Å².